The largest absolute Gasteiger partial charge is 0.480 e. The first-order chi connectivity index (χ1) is 7.59. The van der Waals surface area contributed by atoms with Crippen LogP contribution in [0.3, 0.4) is 0 Å². The summed E-state index contributed by atoms with van der Waals surface area (Å²) in [6.07, 6.45) is 0. The zero-order chi connectivity index (χ0) is 11.7. The lowest BCUT2D eigenvalue weighted by molar-refractivity contribution is -0.137. The third kappa shape index (κ3) is 1.67. The Bertz CT molecular complexity index is 572. The number of nitrogens with zero attached hydrogens (tertiary/aromatic N) is 2. The Labute approximate surface area is 91.3 Å². The third-order valence-corrected chi connectivity index (χ3v) is 2.26. The number of hydrogen-bond acceptors (Lipinski definition) is 3. The van der Waals surface area contributed by atoms with Crippen LogP contribution in [0.5, 0.6) is 0 Å². The number of aliphatic carboxylic acids is 1. The van der Waals surface area contributed by atoms with Gasteiger partial charge >= 0.3 is 5.97 Å². The molecule has 0 amide bonds. The van der Waals surface area contributed by atoms with Crippen LogP contribution in [0.4, 0.5) is 0 Å². The molecule has 1 aromatic carbocycles. The van der Waals surface area contributed by atoms with Crippen molar-refractivity contribution in [3.05, 3.63) is 30.1 Å². The lowest BCUT2D eigenvalue weighted by Crippen LogP contribution is -2.14. The van der Waals surface area contributed by atoms with E-state index in [0.717, 1.165) is 0 Å². The van der Waals surface area contributed by atoms with Crippen LogP contribution in [-0.4, -0.2) is 26.4 Å². The SMILES string of the molecule is CC(=O)c1nc2ccccc2n1CC(=O)O. The lowest BCUT2D eigenvalue weighted by Gasteiger charge is -2.02. The Kier molecular flexibility index (Phi) is 2.44. The van der Waals surface area contributed by atoms with Crippen LogP contribution in [0.2, 0.25) is 0 Å². The maximum absolute atomic E-state index is 11.3. The number of imidazole rings is 1. The Morgan fingerprint density at radius 3 is 2.69 bits per heavy atom. The summed E-state index contributed by atoms with van der Waals surface area (Å²) in [5.41, 5.74) is 1.30. The smallest absolute Gasteiger partial charge is 0.323 e. The molecule has 0 aliphatic rings. The molecule has 0 saturated carbocycles. The van der Waals surface area contributed by atoms with E-state index in [1.54, 1.807) is 24.3 Å². The van der Waals surface area contributed by atoms with Gasteiger partial charge in [0.1, 0.15) is 6.54 Å². The first-order valence-corrected chi connectivity index (χ1v) is 4.77. The highest BCUT2D eigenvalue weighted by atomic mass is 16.4. The Hall–Kier alpha value is -2.17. The molecule has 0 saturated heterocycles. The van der Waals surface area contributed by atoms with Crippen LogP contribution in [-0.2, 0) is 11.3 Å². The summed E-state index contributed by atoms with van der Waals surface area (Å²) in [4.78, 5) is 26.2. The summed E-state index contributed by atoms with van der Waals surface area (Å²) < 4.78 is 1.42. The fourth-order valence-corrected chi connectivity index (χ4v) is 1.64. The zero-order valence-electron chi connectivity index (χ0n) is 8.67. The van der Waals surface area contributed by atoms with Crippen LogP contribution in [0, 0.1) is 0 Å². The van der Waals surface area contributed by atoms with Crippen LogP contribution in [0.1, 0.15) is 17.5 Å². The van der Waals surface area contributed by atoms with Crippen LogP contribution < -0.4 is 0 Å². The van der Waals surface area contributed by atoms with Crippen LogP contribution in [0.15, 0.2) is 24.3 Å². The van der Waals surface area contributed by atoms with Gasteiger partial charge in [0.2, 0.25) is 0 Å². The summed E-state index contributed by atoms with van der Waals surface area (Å²) >= 11 is 0. The van der Waals surface area contributed by atoms with Crippen molar-refractivity contribution >= 4 is 22.8 Å². The number of aromatic nitrogens is 2. The molecule has 0 spiro atoms. The fraction of sp³-hybridized carbons (Fsp3) is 0.182. The van der Waals surface area contributed by atoms with E-state index in [9.17, 15) is 9.59 Å². The molecule has 82 valence electrons. The molecule has 0 unspecified atom stereocenters. The summed E-state index contributed by atoms with van der Waals surface area (Å²) in [6, 6.07) is 7.08. The minimum Gasteiger partial charge on any atom is -0.480 e. The van der Waals surface area contributed by atoms with E-state index in [2.05, 4.69) is 4.98 Å². The van der Waals surface area contributed by atoms with Gasteiger partial charge in [-0.1, -0.05) is 12.1 Å². The topological polar surface area (TPSA) is 72.2 Å². The van der Waals surface area contributed by atoms with Crippen molar-refractivity contribution in [1.82, 2.24) is 9.55 Å². The number of benzene rings is 1. The van der Waals surface area contributed by atoms with Crippen molar-refractivity contribution in [1.29, 1.82) is 0 Å². The molecule has 2 rings (SSSR count). The highest BCUT2D eigenvalue weighted by Gasteiger charge is 2.15. The lowest BCUT2D eigenvalue weighted by atomic mass is 10.3. The molecule has 1 aromatic heterocycles. The van der Waals surface area contributed by atoms with Crippen molar-refractivity contribution in [3.8, 4) is 0 Å². The van der Waals surface area contributed by atoms with E-state index in [-0.39, 0.29) is 18.2 Å². The predicted molar refractivity (Wildman–Crippen MR) is 57.4 cm³/mol. The molecule has 0 aliphatic heterocycles. The molecular weight excluding hydrogens is 208 g/mol. The molecule has 2 aromatic rings. The van der Waals surface area contributed by atoms with Crippen molar-refractivity contribution in [3.63, 3.8) is 0 Å². The number of hydrogen-bond donors (Lipinski definition) is 1. The Balaban J connectivity index is 2.69. The number of carboxylic acid groups (broad SMARTS) is 1. The van der Waals surface area contributed by atoms with Gasteiger partial charge in [-0.3, -0.25) is 9.59 Å². The van der Waals surface area contributed by atoms with Gasteiger partial charge in [-0.25, -0.2) is 4.98 Å². The molecule has 1 heterocycles. The van der Waals surface area contributed by atoms with Crippen molar-refractivity contribution < 1.29 is 14.7 Å². The van der Waals surface area contributed by atoms with Crippen molar-refractivity contribution in [2.45, 2.75) is 13.5 Å². The molecule has 0 aliphatic carbocycles. The van der Waals surface area contributed by atoms with E-state index >= 15 is 0 Å². The molecule has 5 heteroatoms. The zero-order valence-corrected chi connectivity index (χ0v) is 8.67. The molecule has 0 atom stereocenters. The second-order valence-corrected chi connectivity index (χ2v) is 3.46. The second-order valence-electron chi connectivity index (χ2n) is 3.46. The first-order valence-electron chi connectivity index (χ1n) is 4.77. The van der Waals surface area contributed by atoms with E-state index in [1.807, 2.05) is 0 Å². The van der Waals surface area contributed by atoms with Gasteiger partial charge in [0.05, 0.1) is 11.0 Å². The van der Waals surface area contributed by atoms with Gasteiger partial charge in [0.15, 0.2) is 11.6 Å². The highest BCUT2D eigenvalue weighted by Crippen LogP contribution is 2.16. The van der Waals surface area contributed by atoms with E-state index in [1.165, 1.54) is 11.5 Å². The predicted octanol–water partition coefficient (Wildman–Crippen LogP) is 1.32. The maximum Gasteiger partial charge on any atom is 0.323 e. The molecule has 16 heavy (non-hydrogen) atoms. The quantitative estimate of drug-likeness (QED) is 0.788. The van der Waals surface area contributed by atoms with Gasteiger partial charge in [0, 0.05) is 6.92 Å². The minimum absolute atomic E-state index is 0.184. The second kappa shape index (κ2) is 3.77. The Morgan fingerprint density at radius 1 is 1.38 bits per heavy atom. The minimum atomic E-state index is -0.995. The van der Waals surface area contributed by atoms with Gasteiger partial charge in [0.25, 0.3) is 0 Å². The maximum atomic E-state index is 11.3. The number of ketones is 1. The first kappa shape index (κ1) is 10.4. The molecule has 0 radical (unpaired) electrons. The average molecular weight is 218 g/mol. The van der Waals surface area contributed by atoms with E-state index < -0.39 is 5.97 Å². The van der Waals surface area contributed by atoms with E-state index in [4.69, 9.17) is 5.11 Å². The van der Waals surface area contributed by atoms with Crippen molar-refractivity contribution in [2.75, 3.05) is 0 Å². The fourth-order valence-electron chi connectivity index (χ4n) is 1.64. The molecule has 0 fully saturated rings. The van der Waals surface area contributed by atoms with E-state index in [0.29, 0.717) is 11.0 Å². The third-order valence-electron chi connectivity index (χ3n) is 2.26. The summed E-state index contributed by atoms with van der Waals surface area (Å²) in [6.45, 7) is 1.12. The van der Waals surface area contributed by atoms with Gasteiger partial charge in [-0.15, -0.1) is 0 Å². The number of carboxylic acids is 1. The molecule has 0 bridgehead atoms. The number of rotatable bonds is 3. The number of para-hydroxylation sites is 2. The summed E-state index contributed by atoms with van der Waals surface area (Å²) in [5, 5.41) is 8.79. The normalized spacial score (nSPS) is 10.6. The van der Waals surface area contributed by atoms with Crippen LogP contribution in [0.25, 0.3) is 11.0 Å². The number of Topliss-reactive ketones (excluding diaryl/α,β-unsaturated/α-hetero) is 1. The standard InChI is InChI=1S/C11H10N2O3/c1-7(14)11-12-8-4-2-3-5-9(8)13(11)6-10(15)16/h2-5H,6H2,1H3,(H,15,16). The molecular formula is C11H10N2O3. The van der Waals surface area contributed by atoms with Gasteiger partial charge in [-0.05, 0) is 12.1 Å². The Morgan fingerprint density at radius 2 is 2.06 bits per heavy atom. The van der Waals surface area contributed by atoms with Crippen molar-refractivity contribution in [2.24, 2.45) is 0 Å². The average Bonchev–Trinajstić information content (AvgIpc) is 2.57. The van der Waals surface area contributed by atoms with Gasteiger partial charge in [-0.2, -0.15) is 0 Å². The number of carbonyl (C=O) groups excluding carboxylic acids is 1. The van der Waals surface area contributed by atoms with Gasteiger partial charge < -0.3 is 9.67 Å². The number of carbonyl (C=O) groups is 2. The van der Waals surface area contributed by atoms with Crippen LogP contribution >= 0.6 is 0 Å². The highest BCUT2D eigenvalue weighted by molar-refractivity contribution is 5.95. The number of fused-ring (bicyclic) bond motifs is 1. The monoisotopic (exact) mass is 218 g/mol. The summed E-state index contributed by atoms with van der Waals surface area (Å²) in [5.74, 6) is -1.05. The molecule has 5 nitrogen and oxygen atoms in total. The molecule has 1 N–H and O–H groups in total. The summed E-state index contributed by atoms with van der Waals surface area (Å²) in [7, 11) is 0.